The Bertz CT molecular complexity index is 1370. The van der Waals surface area contributed by atoms with Gasteiger partial charge in [-0.1, -0.05) is 11.6 Å². The molecule has 2 aromatic carbocycles. The first-order chi connectivity index (χ1) is 17.9. The molecule has 0 fully saturated rings. The summed E-state index contributed by atoms with van der Waals surface area (Å²) in [4.78, 5) is 29.0. The molecular weight excluding hydrogens is 461 g/mol. The molecule has 3 aromatic rings. The number of amides is 3. The molecule has 2 N–H and O–H groups in total. The van der Waals surface area contributed by atoms with Gasteiger partial charge in [0.1, 0.15) is 17.2 Å². The number of nitrogens with two attached hydrogens (primary N) is 1. The van der Waals surface area contributed by atoms with Crippen molar-refractivity contribution in [3.05, 3.63) is 77.1 Å². The summed E-state index contributed by atoms with van der Waals surface area (Å²) in [5, 5.41) is -0.560. The Hall–Kier alpha value is -3.79. The van der Waals surface area contributed by atoms with E-state index in [4.69, 9.17) is 30.3 Å². The van der Waals surface area contributed by atoms with Gasteiger partial charge in [-0.25, -0.2) is 4.79 Å². The summed E-state index contributed by atoms with van der Waals surface area (Å²) in [5.74, 6) is -1.27. The van der Waals surface area contributed by atoms with Crippen molar-refractivity contribution >= 4 is 34.9 Å². The van der Waals surface area contributed by atoms with Crippen LogP contribution in [-0.2, 0) is 6.18 Å². The summed E-state index contributed by atoms with van der Waals surface area (Å²) in [5.41, 5.74) is 3.62. The van der Waals surface area contributed by atoms with Crippen LogP contribution in [0.2, 0.25) is 5.02 Å². The molecule has 0 aliphatic carbocycles. The van der Waals surface area contributed by atoms with Crippen LogP contribution >= 0.6 is 11.6 Å². The summed E-state index contributed by atoms with van der Waals surface area (Å²) in [6.45, 7) is -6.54. The highest BCUT2D eigenvalue weighted by atomic mass is 35.5. The average molecular weight is 485 g/mol. The Kier molecular flexibility index (Phi) is 4.77. The summed E-state index contributed by atoms with van der Waals surface area (Å²) < 4.78 is 89.7. The maximum Gasteiger partial charge on any atom is 0.417 e. The van der Waals surface area contributed by atoms with Gasteiger partial charge in [0, 0.05) is 34.4 Å². The van der Waals surface area contributed by atoms with E-state index < -0.39 is 48.3 Å². The third-order valence-corrected chi connectivity index (χ3v) is 4.55. The number of urea groups is 1. The first-order valence-corrected chi connectivity index (χ1v) is 9.32. The predicted molar refractivity (Wildman–Crippen MR) is 117 cm³/mol. The topological polar surface area (TPSA) is 88.8 Å². The number of ether oxygens (including phenoxy) is 1. The molecule has 3 amide bonds. The van der Waals surface area contributed by atoms with Crippen LogP contribution in [0.5, 0.6) is 11.5 Å². The fourth-order valence-electron chi connectivity index (χ4n) is 2.78. The van der Waals surface area contributed by atoms with Crippen LogP contribution in [-0.4, -0.2) is 35.8 Å². The highest BCUT2D eigenvalue weighted by molar-refractivity contribution is 6.31. The van der Waals surface area contributed by atoms with Crippen LogP contribution in [0.15, 0.2) is 60.8 Å². The number of carbonyl (C=O) groups is 2. The highest BCUT2D eigenvalue weighted by Crippen LogP contribution is 2.38. The third-order valence-electron chi connectivity index (χ3n) is 4.22. The summed E-state index contributed by atoms with van der Waals surface area (Å²) in [6.07, 6.45) is -3.68. The van der Waals surface area contributed by atoms with E-state index in [1.165, 1.54) is 36.4 Å². The second-order valence-corrected chi connectivity index (χ2v) is 6.86. The molecule has 3 rings (SSSR count). The minimum atomic E-state index is -4.77. The van der Waals surface area contributed by atoms with Crippen LogP contribution in [0.3, 0.4) is 0 Å². The van der Waals surface area contributed by atoms with Crippen molar-refractivity contribution in [3.8, 4) is 11.5 Å². The van der Waals surface area contributed by atoms with Gasteiger partial charge in [-0.15, -0.1) is 0 Å². The zero-order valence-electron chi connectivity index (χ0n) is 22.4. The van der Waals surface area contributed by atoms with Crippen LogP contribution in [0.1, 0.15) is 24.3 Å². The maximum atomic E-state index is 13.3. The molecule has 0 aliphatic rings. The molecule has 0 saturated carbocycles. The minimum absolute atomic E-state index is 0.0172. The molecule has 0 aliphatic heterocycles. The Morgan fingerprint density at radius 2 is 1.70 bits per heavy atom. The Balaban J connectivity index is 1.87. The molecule has 7 nitrogen and oxygen atoms in total. The molecule has 0 atom stereocenters. The lowest BCUT2D eigenvalue weighted by atomic mass is 10.1. The van der Waals surface area contributed by atoms with Crippen LogP contribution in [0, 0.1) is 0 Å². The molecule has 0 radical (unpaired) electrons. The fraction of sp³-hybridized carbons (Fsp3) is 0.136. The van der Waals surface area contributed by atoms with E-state index in [-0.39, 0.29) is 27.8 Å². The first-order valence-electron chi connectivity index (χ1n) is 11.9. The minimum Gasteiger partial charge on any atom is -0.457 e. The highest BCUT2D eigenvalue weighted by Gasteiger charge is 2.34. The van der Waals surface area contributed by atoms with Gasteiger partial charge in [-0.3, -0.25) is 14.7 Å². The lowest BCUT2D eigenvalue weighted by Crippen LogP contribution is -2.31. The number of primary amides is 1. The van der Waals surface area contributed by atoms with Gasteiger partial charge in [0.25, 0.3) is 5.91 Å². The zero-order chi connectivity index (χ0) is 29.3. The SMILES string of the molecule is [2H]C([2H])([2H])N(C(=O)c1cc(Oc2ccc(N(C(N)=O)c3ccc(Cl)c(C(F)(F)F)c3)cc2)ccn1)C([2H])([2H])[2H]. The van der Waals surface area contributed by atoms with Crippen molar-refractivity contribution in [3.63, 3.8) is 0 Å². The smallest absolute Gasteiger partial charge is 0.417 e. The first kappa shape index (κ1) is 16.8. The average Bonchev–Trinajstić information content (AvgIpc) is 2.79. The van der Waals surface area contributed by atoms with Gasteiger partial charge < -0.3 is 15.4 Å². The van der Waals surface area contributed by atoms with E-state index in [0.717, 1.165) is 23.2 Å². The fourth-order valence-corrected chi connectivity index (χ4v) is 3.00. The second-order valence-electron chi connectivity index (χ2n) is 6.45. The number of anilines is 2. The van der Waals surface area contributed by atoms with Gasteiger partial charge in [0.2, 0.25) is 0 Å². The standard InChI is InChI=1S/C22H18ClF3N4O3/c1-29(2)20(31)19-12-16(9-10-28-19)33-15-6-3-13(4-7-15)30(21(27)32)14-5-8-18(23)17(11-14)22(24,25)26/h3-12H,1-2H3,(H2,27,32)/i1D3,2D3. The molecule has 0 bridgehead atoms. The molecule has 0 unspecified atom stereocenters. The number of hydrogen-bond acceptors (Lipinski definition) is 4. The molecule has 0 spiro atoms. The van der Waals surface area contributed by atoms with Gasteiger partial charge in [0.15, 0.2) is 0 Å². The van der Waals surface area contributed by atoms with Crippen molar-refractivity contribution in [2.75, 3.05) is 18.9 Å². The second kappa shape index (κ2) is 9.37. The Morgan fingerprint density at radius 3 is 2.30 bits per heavy atom. The largest absolute Gasteiger partial charge is 0.457 e. The number of halogens is 4. The van der Waals surface area contributed by atoms with E-state index in [0.29, 0.717) is 6.07 Å². The van der Waals surface area contributed by atoms with E-state index in [1.807, 2.05) is 0 Å². The number of alkyl halides is 3. The van der Waals surface area contributed by atoms with Crippen molar-refractivity contribution in [1.82, 2.24) is 9.88 Å². The van der Waals surface area contributed by atoms with Crippen molar-refractivity contribution in [2.24, 2.45) is 5.73 Å². The number of carbonyl (C=O) groups excluding carboxylic acids is 2. The van der Waals surface area contributed by atoms with Gasteiger partial charge in [-0.2, -0.15) is 13.2 Å². The number of hydrogen-bond donors (Lipinski definition) is 1. The third kappa shape index (κ3) is 5.53. The molecule has 0 saturated heterocycles. The number of aromatic nitrogens is 1. The molecule has 1 aromatic heterocycles. The number of rotatable bonds is 5. The van der Waals surface area contributed by atoms with Gasteiger partial charge in [-0.05, 0) is 48.5 Å². The predicted octanol–water partition coefficient (Wildman–Crippen LogP) is 5.46. The van der Waals surface area contributed by atoms with Crippen LogP contribution in [0.25, 0.3) is 0 Å². The van der Waals surface area contributed by atoms with E-state index in [2.05, 4.69) is 4.98 Å². The quantitative estimate of drug-likeness (QED) is 0.520. The van der Waals surface area contributed by atoms with Gasteiger partial charge in [0.05, 0.1) is 22.0 Å². The zero-order valence-corrected chi connectivity index (χ0v) is 17.2. The summed E-state index contributed by atoms with van der Waals surface area (Å²) >= 11 is 5.65. The monoisotopic (exact) mass is 484 g/mol. The Morgan fingerprint density at radius 1 is 1.03 bits per heavy atom. The van der Waals surface area contributed by atoms with Gasteiger partial charge >= 0.3 is 12.2 Å². The van der Waals surface area contributed by atoms with E-state index in [9.17, 15) is 22.8 Å². The van der Waals surface area contributed by atoms with Crippen molar-refractivity contribution < 1.29 is 35.7 Å². The van der Waals surface area contributed by atoms with E-state index >= 15 is 0 Å². The van der Waals surface area contributed by atoms with Crippen LogP contribution < -0.4 is 15.4 Å². The molecule has 1 heterocycles. The molecule has 33 heavy (non-hydrogen) atoms. The molecule has 11 heteroatoms. The molecular formula is C22H18ClF3N4O3. The number of pyridine rings is 1. The Labute approximate surface area is 200 Å². The number of nitrogens with zero attached hydrogens (tertiary/aromatic N) is 3. The van der Waals surface area contributed by atoms with Crippen LogP contribution in [0.4, 0.5) is 29.3 Å². The lowest BCUT2D eigenvalue weighted by molar-refractivity contribution is -0.137. The van der Waals surface area contributed by atoms with Crippen molar-refractivity contribution in [1.29, 1.82) is 0 Å². The van der Waals surface area contributed by atoms with E-state index in [1.54, 1.807) is 0 Å². The van der Waals surface area contributed by atoms with Crippen molar-refractivity contribution in [2.45, 2.75) is 6.18 Å². The number of benzene rings is 2. The summed E-state index contributed by atoms with van der Waals surface area (Å²) in [7, 11) is 0. The maximum absolute atomic E-state index is 13.3. The summed E-state index contributed by atoms with van der Waals surface area (Å²) in [6, 6.07) is 9.42. The molecule has 172 valence electrons. The normalized spacial score (nSPS) is 14.5. The lowest BCUT2D eigenvalue weighted by Gasteiger charge is -2.22.